The van der Waals surface area contributed by atoms with Crippen molar-refractivity contribution in [1.82, 2.24) is 15.3 Å². The molecule has 0 aliphatic heterocycles. The molecule has 0 saturated heterocycles. The third-order valence-corrected chi connectivity index (χ3v) is 2.69. The Morgan fingerprint density at radius 2 is 2.00 bits per heavy atom. The van der Waals surface area contributed by atoms with Crippen molar-refractivity contribution in [3.63, 3.8) is 0 Å². The number of nitrogens with one attached hydrogen (secondary N) is 1. The summed E-state index contributed by atoms with van der Waals surface area (Å²) in [5.41, 5.74) is 1.39. The minimum atomic E-state index is -1.07. The van der Waals surface area contributed by atoms with Gasteiger partial charge in [-0.3, -0.25) is 9.78 Å². The number of fused-ring (bicyclic) bond motifs is 1. The molecule has 6 nitrogen and oxygen atoms in total. The number of nitrogens with zero attached hydrogens (tertiary/aromatic N) is 2. The van der Waals surface area contributed by atoms with Gasteiger partial charge in [-0.1, -0.05) is 19.1 Å². The lowest BCUT2D eigenvalue weighted by atomic mass is 10.2. The van der Waals surface area contributed by atoms with E-state index in [0.717, 1.165) is 0 Å². The molecule has 0 saturated carbocycles. The highest BCUT2D eigenvalue weighted by Crippen LogP contribution is 2.08. The molecule has 1 atom stereocenters. The van der Waals surface area contributed by atoms with Gasteiger partial charge in [-0.15, -0.1) is 0 Å². The Labute approximate surface area is 109 Å². The molecule has 1 aromatic heterocycles. The van der Waals surface area contributed by atoms with E-state index in [4.69, 9.17) is 5.11 Å². The molecule has 1 aromatic carbocycles. The molecule has 19 heavy (non-hydrogen) atoms. The number of aromatic nitrogens is 2. The second-order valence-electron chi connectivity index (χ2n) is 4.02. The number of carboxylic acids is 1. The van der Waals surface area contributed by atoms with E-state index in [1.807, 2.05) is 6.07 Å². The lowest BCUT2D eigenvalue weighted by Gasteiger charge is -2.11. The summed E-state index contributed by atoms with van der Waals surface area (Å²) in [6.45, 7) is 1.69. The van der Waals surface area contributed by atoms with Gasteiger partial charge in [0.2, 0.25) is 0 Å². The van der Waals surface area contributed by atoms with E-state index in [9.17, 15) is 9.59 Å². The van der Waals surface area contributed by atoms with Gasteiger partial charge >= 0.3 is 5.97 Å². The summed E-state index contributed by atoms with van der Waals surface area (Å²) in [6.07, 6.45) is 1.65. The Hall–Kier alpha value is -2.50. The number of aliphatic carboxylic acids is 1. The van der Waals surface area contributed by atoms with Crippen LogP contribution in [0.2, 0.25) is 0 Å². The number of carbonyl (C=O) groups is 2. The third kappa shape index (κ3) is 2.85. The SMILES string of the molecule is CCC(NC(=O)c1cnc2ccccc2n1)C(=O)O. The summed E-state index contributed by atoms with van der Waals surface area (Å²) in [7, 11) is 0. The number of hydrogen-bond donors (Lipinski definition) is 2. The summed E-state index contributed by atoms with van der Waals surface area (Å²) >= 11 is 0. The number of benzene rings is 1. The highest BCUT2D eigenvalue weighted by atomic mass is 16.4. The number of amides is 1. The average Bonchev–Trinajstić information content (AvgIpc) is 2.43. The van der Waals surface area contributed by atoms with Crippen molar-refractivity contribution in [2.75, 3.05) is 0 Å². The maximum atomic E-state index is 11.9. The van der Waals surface area contributed by atoms with Crippen molar-refractivity contribution in [2.24, 2.45) is 0 Å². The van der Waals surface area contributed by atoms with Crippen molar-refractivity contribution >= 4 is 22.9 Å². The van der Waals surface area contributed by atoms with Crippen LogP contribution >= 0.6 is 0 Å². The second-order valence-corrected chi connectivity index (χ2v) is 4.02. The Kier molecular flexibility index (Phi) is 3.70. The van der Waals surface area contributed by atoms with Gasteiger partial charge in [-0.25, -0.2) is 9.78 Å². The minimum absolute atomic E-state index is 0.110. The van der Waals surface area contributed by atoms with Crippen LogP contribution in [0.4, 0.5) is 0 Å². The second kappa shape index (κ2) is 5.43. The molecule has 0 fully saturated rings. The van der Waals surface area contributed by atoms with Gasteiger partial charge < -0.3 is 10.4 Å². The first-order chi connectivity index (χ1) is 9.11. The molecule has 1 heterocycles. The van der Waals surface area contributed by atoms with Crippen LogP contribution in [0.5, 0.6) is 0 Å². The number of hydrogen-bond acceptors (Lipinski definition) is 4. The summed E-state index contributed by atoms with van der Waals surface area (Å²) < 4.78 is 0. The third-order valence-electron chi connectivity index (χ3n) is 2.69. The van der Waals surface area contributed by atoms with E-state index >= 15 is 0 Å². The van der Waals surface area contributed by atoms with Gasteiger partial charge in [0.25, 0.3) is 5.91 Å². The van der Waals surface area contributed by atoms with Gasteiger partial charge in [0.05, 0.1) is 17.2 Å². The molecular formula is C13H13N3O3. The number of carboxylic acid groups (broad SMARTS) is 1. The van der Waals surface area contributed by atoms with Gasteiger partial charge in [-0.05, 0) is 18.6 Å². The number of carbonyl (C=O) groups excluding carboxylic acids is 1. The largest absolute Gasteiger partial charge is 0.480 e. The highest BCUT2D eigenvalue weighted by Gasteiger charge is 2.19. The molecule has 1 amide bonds. The molecule has 2 rings (SSSR count). The maximum Gasteiger partial charge on any atom is 0.326 e. The van der Waals surface area contributed by atoms with E-state index in [0.29, 0.717) is 17.5 Å². The molecule has 0 aliphatic rings. The first-order valence-corrected chi connectivity index (χ1v) is 5.87. The Balaban J connectivity index is 2.24. The zero-order valence-electron chi connectivity index (χ0n) is 10.3. The highest BCUT2D eigenvalue weighted by molar-refractivity contribution is 5.96. The zero-order valence-corrected chi connectivity index (χ0v) is 10.3. The van der Waals surface area contributed by atoms with Gasteiger partial charge in [0.15, 0.2) is 0 Å². The first kappa shape index (κ1) is 12.9. The molecule has 1 unspecified atom stereocenters. The Bertz CT molecular complexity index is 627. The lowest BCUT2D eigenvalue weighted by Crippen LogP contribution is -2.40. The van der Waals surface area contributed by atoms with Crippen molar-refractivity contribution in [3.8, 4) is 0 Å². The molecule has 0 radical (unpaired) electrons. The predicted octanol–water partition coefficient (Wildman–Crippen LogP) is 1.22. The van der Waals surface area contributed by atoms with Crippen LogP contribution in [-0.4, -0.2) is 33.0 Å². The summed E-state index contributed by atoms with van der Waals surface area (Å²) in [6, 6.07) is 6.24. The molecule has 0 bridgehead atoms. The normalized spacial score (nSPS) is 12.1. The van der Waals surface area contributed by atoms with E-state index in [2.05, 4.69) is 15.3 Å². The van der Waals surface area contributed by atoms with Crippen LogP contribution < -0.4 is 5.32 Å². The van der Waals surface area contributed by atoms with Crippen LogP contribution in [0.3, 0.4) is 0 Å². The topological polar surface area (TPSA) is 92.2 Å². The smallest absolute Gasteiger partial charge is 0.326 e. The van der Waals surface area contributed by atoms with E-state index in [-0.39, 0.29) is 5.69 Å². The van der Waals surface area contributed by atoms with Gasteiger partial charge in [0.1, 0.15) is 11.7 Å². The molecule has 98 valence electrons. The first-order valence-electron chi connectivity index (χ1n) is 5.87. The van der Waals surface area contributed by atoms with Crippen molar-refractivity contribution < 1.29 is 14.7 Å². The molecule has 0 aliphatic carbocycles. The minimum Gasteiger partial charge on any atom is -0.480 e. The lowest BCUT2D eigenvalue weighted by molar-refractivity contribution is -0.139. The predicted molar refractivity (Wildman–Crippen MR) is 68.7 cm³/mol. The molecule has 2 aromatic rings. The maximum absolute atomic E-state index is 11.9. The van der Waals surface area contributed by atoms with Crippen molar-refractivity contribution in [3.05, 3.63) is 36.2 Å². The van der Waals surface area contributed by atoms with Crippen molar-refractivity contribution in [1.29, 1.82) is 0 Å². The summed E-state index contributed by atoms with van der Waals surface area (Å²) in [5, 5.41) is 11.3. The van der Waals surface area contributed by atoms with Crippen LogP contribution in [0, 0.1) is 0 Å². The fourth-order valence-corrected chi connectivity index (χ4v) is 1.64. The average molecular weight is 259 g/mol. The Morgan fingerprint density at radius 1 is 1.32 bits per heavy atom. The number of rotatable bonds is 4. The molecule has 2 N–H and O–H groups in total. The van der Waals surface area contributed by atoms with Gasteiger partial charge in [0, 0.05) is 0 Å². The molecule has 6 heteroatoms. The summed E-state index contributed by atoms with van der Waals surface area (Å²) in [4.78, 5) is 31.0. The summed E-state index contributed by atoms with van der Waals surface area (Å²) in [5.74, 6) is -1.60. The van der Waals surface area contributed by atoms with Gasteiger partial charge in [-0.2, -0.15) is 0 Å². The van der Waals surface area contributed by atoms with Crippen LogP contribution in [-0.2, 0) is 4.79 Å². The van der Waals surface area contributed by atoms with Crippen LogP contribution in [0.25, 0.3) is 11.0 Å². The standard InChI is InChI=1S/C13H13N3O3/c1-2-8(13(18)19)16-12(17)11-7-14-9-5-3-4-6-10(9)15-11/h3-8H,2H2,1H3,(H,16,17)(H,18,19). The van der Waals surface area contributed by atoms with E-state index in [1.54, 1.807) is 25.1 Å². The number of para-hydroxylation sites is 2. The Morgan fingerprint density at radius 3 is 2.63 bits per heavy atom. The quantitative estimate of drug-likeness (QED) is 0.861. The fourth-order valence-electron chi connectivity index (χ4n) is 1.64. The fraction of sp³-hybridized carbons (Fsp3) is 0.231. The molecule has 0 spiro atoms. The van der Waals surface area contributed by atoms with Crippen molar-refractivity contribution in [2.45, 2.75) is 19.4 Å². The van der Waals surface area contributed by atoms with E-state index < -0.39 is 17.9 Å². The molecular weight excluding hydrogens is 246 g/mol. The van der Waals surface area contributed by atoms with Crippen LogP contribution in [0.1, 0.15) is 23.8 Å². The zero-order chi connectivity index (χ0) is 13.8. The monoisotopic (exact) mass is 259 g/mol. The van der Waals surface area contributed by atoms with E-state index in [1.165, 1.54) is 6.20 Å². The van der Waals surface area contributed by atoms with Crippen LogP contribution in [0.15, 0.2) is 30.5 Å².